The predicted molar refractivity (Wildman–Crippen MR) is 117 cm³/mol. The molecule has 2 heterocycles. The molecule has 1 aliphatic carbocycles. The minimum atomic E-state index is -0.320. The van der Waals surface area contributed by atoms with Crippen LogP contribution in [0.25, 0.3) is 0 Å². The van der Waals surface area contributed by atoms with Gasteiger partial charge in [0, 0.05) is 43.3 Å². The first kappa shape index (κ1) is 21.1. The summed E-state index contributed by atoms with van der Waals surface area (Å²) in [7, 11) is 0. The summed E-state index contributed by atoms with van der Waals surface area (Å²) in [6.07, 6.45) is 7.99. The highest BCUT2D eigenvalue weighted by Crippen LogP contribution is 2.18. The summed E-state index contributed by atoms with van der Waals surface area (Å²) in [5.41, 5.74) is 1.15. The Bertz CT molecular complexity index is 972. The number of nitrogens with one attached hydrogen (secondary N) is 3. The van der Waals surface area contributed by atoms with E-state index >= 15 is 0 Å². The van der Waals surface area contributed by atoms with Crippen molar-refractivity contribution >= 4 is 17.6 Å². The van der Waals surface area contributed by atoms with Crippen molar-refractivity contribution in [3.8, 4) is 0 Å². The molecule has 0 bridgehead atoms. The van der Waals surface area contributed by atoms with Gasteiger partial charge in [-0.25, -0.2) is 14.3 Å². The average Bonchev–Trinajstić information content (AvgIpc) is 3.40. The minimum absolute atomic E-state index is 0.0591. The fourth-order valence-electron chi connectivity index (χ4n) is 4.24. The van der Waals surface area contributed by atoms with E-state index < -0.39 is 0 Å². The molecule has 1 fully saturated rings. The summed E-state index contributed by atoms with van der Waals surface area (Å²) in [5.74, 6) is 0.793. The molecule has 1 aromatic carbocycles. The molecule has 0 unspecified atom stereocenters. The van der Waals surface area contributed by atoms with Crippen LogP contribution in [0.5, 0.6) is 0 Å². The lowest BCUT2D eigenvalue weighted by molar-refractivity contribution is 0.0938. The van der Waals surface area contributed by atoms with E-state index in [9.17, 15) is 14.4 Å². The summed E-state index contributed by atoms with van der Waals surface area (Å²) in [6, 6.07) is 6.83. The molecular weight excluding hydrogens is 396 g/mol. The maximum absolute atomic E-state index is 12.3. The highest BCUT2D eigenvalue weighted by molar-refractivity contribution is 5.95. The van der Waals surface area contributed by atoms with E-state index in [1.807, 2.05) is 0 Å². The number of benzene rings is 1. The summed E-state index contributed by atoms with van der Waals surface area (Å²) in [6.45, 7) is 1.65. The number of urea groups is 1. The molecule has 0 saturated heterocycles. The Balaban J connectivity index is 1.19. The van der Waals surface area contributed by atoms with E-state index in [2.05, 4.69) is 21.0 Å². The quantitative estimate of drug-likeness (QED) is 0.590. The molecule has 31 heavy (non-hydrogen) atoms. The Labute approximate surface area is 181 Å². The van der Waals surface area contributed by atoms with Crippen molar-refractivity contribution < 1.29 is 9.59 Å². The van der Waals surface area contributed by atoms with Crippen LogP contribution in [-0.2, 0) is 19.5 Å². The zero-order chi connectivity index (χ0) is 21.6. The van der Waals surface area contributed by atoms with Gasteiger partial charge in [-0.1, -0.05) is 12.8 Å². The van der Waals surface area contributed by atoms with Crippen molar-refractivity contribution in [3.05, 3.63) is 46.1 Å². The van der Waals surface area contributed by atoms with Gasteiger partial charge >= 0.3 is 11.7 Å². The van der Waals surface area contributed by atoms with Crippen LogP contribution in [0.15, 0.2) is 29.1 Å². The zero-order valence-electron chi connectivity index (χ0n) is 17.7. The molecule has 0 spiro atoms. The van der Waals surface area contributed by atoms with E-state index in [1.165, 1.54) is 17.5 Å². The Hall–Kier alpha value is -3.10. The lowest BCUT2D eigenvalue weighted by Crippen LogP contribution is -2.32. The molecule has 1 saturated carbocycles. The van der Waals surface area contributed by atoms with Gasteiger partial charge in [-0.15, -0.1) is 0 Å². The van der Waals surface area contributed by atoms with Gasteiger partial charge in [-0.2, -0.15) is 5.10 Å². The summed E-state index contributed by atoms with van der Waals surface area (Å²) in [4.78, 5) is 36.7. The van der Waals surface area contributed by atoms with Crippen molar-refractivity contribution in [2.45, 2.75) is 70.5 Å². The van der Waals surface area contributed by atoms with Crippen molar-refractivity contribution in [3.63, 3.8) is 0 Å². The second-order valence-electron chi connectivity index (χ2n) is 8.30. The molecule has 9 heteroatoms. The molecule has 9 nitrogen and oxygen atoms in total. The number of hydrogen-bond acceptors (Lipinski definition) is 4. The van der Waals surface area contributed by atoms with Crippen molar-refractivity contribution in [2.24, 2.45) is 0 Å². The number of carbonyl (C=O) groups is 2. The molecule has 4 rings (SSSR count). The van der Waals surface area contributed by atoms with Crippen molar-refractivity contribution in [1.29, 1.82) is 0 Å². The molecule has 0 radical (unpaired) electrons. The van der Waals surface area contributed by atoms with E-state index in [0.29, 0.717) is 30.8 Å². The lowest BCUT2D eigenvalue weighted by Gasteiger charge is -2.12. The summed E-state index contributed by atoms with van der Waals surface area (Å²) in [5, 5.41) is 13.0. The second-order valence-corrected chi connectivity index (χ2v) is 8.30. The Morgan fingerprint density at radius 2 is 1.84 bits per heavy atom. The zero-order valence-corrected chi connectivity index (χ0v) is 17.7. The van der Waals surface area contributed by atoms with Crippen LogP contribution in [0, 0.1) is 0 Å². The maximum atomic E-state index is 12.3. The van der Waals surface area contributed by atoms with Gasteiger partial charge in [0.1, 0.15) is 5.82 Å². The molecule has 1 aromatic heterocycles. The van der Waals surface area contributed by atoms with Gasteiger partial charge < -0.3 is 16.0 Å². The van der Waals surface area contributed by atoms with Gasteiger partial charge in [-0.3, -0.25) is 9.36 Å². The van der Waals surface area contributed by atoms with Crippen LogP contribution < -0.4 is 21.6 Å². The van der Waals surface area contributed by atoms with E-state index in [4.69, 9.17) is 0 Å². The summed E-state index contributed by atoms with van der Waals surface area (Å²) >= 11 is 0. The summed E-state index contributed by atoms with van der Waals surface area (Å²) < 4.78 is 3.25. The van der Waals surface area contributed by atoms with E-state index in [-0.39, 0.29) is 23.7 Å². The molecule has 1 aliphatic heterocycles. The Morgan fingerprint density at radius 1 is 1.06 bits per heavy atom. The van der Waals surface area contributed by atoms with Crippen LogP contribution in [0.1, 0.15) is 61.1 Å². The standard InChI is InChI=1S/C22H30N6O3/c29-20(24-17-6-1-2-7-17)16-9-11-18(12-10-16)25-21(30)23-13-5-15-28-22(31)27-14-4-3-8-19(27)26-28/h9-12,17H,1-8,13-15H2,(H,24,29)(H2,23,25,30). The normalized spacial score (nSPS) is 16.0. The first-order chi connectivity index (χ1) is 15.1. The minimum Gasteiger partial charge on any atom is -0.349 e. The van der Waals surface area contributed by atoms with Crippen LogP contribution in [0.2, 0.25) is 0 Å². The largest absolute Gasteiger partial charge is 0.349 e. The number of nitrogens with zero attached hydrogens (tertiary/aromatic N) is 3. The van der Waals surface area contributed by atoms with Crippen LogP contribution >= 0.6 is 0 Å². The first-order valence-corrected chi connectivity index (χ1v) is 11.2. The fraction of sp³-hybridized carbons (Fsp3) is 0.545. The highest BCUT2D eigenvalue weighted by Gasteiger charge is 2.18. The Kier molecular flexibility index (Phi) is 6.69. The van der Waals surface area contributed by atoms with Crippen LogP contribution in [0.3, 0.4) is 0 Å². The third-order valence-corrected chi connectivity index (χ3v) is 5.96. The van der Waals surface area contributed by atoms with Gasteiger partial charge in [-0.05, 0) is 56.4 Å². The number of anilines is 1. The third-order valence-electron chi connectivity index (χ3n) is 5.96. The lowest BCUT2D eigenvalue weighted by atomic mass is 10.1. The average molecular weight is 427 g/mol. The monoisotopic (exact) mass is 426 g/mol. The number of hydrogen-bond donors (Lipinski definition) is 3. The van der Waals surface area contributed by atoms with Gasteiger partial charge in [0.25, 0.3) is 5.91 Å². The highest BCUT2D eigenvalue weighted by atomic mass is 16.2. The molecule has 2 aromatic rings. The SMILES string of the molecule is O=C(NCCCn1nc2n(c1=O)CCCC2)Nc1ccc(C(=O)NC2CCCC2)cc1. The molecule has 2 aliphatic rings. The number of aromatic nitrogens is 3. The third kappa shape index (κ3) is 5.34. The number of fused-ring (bicyclic) bond motifs is 1. The van der Waals surface area contributed by atoms with Gasteiger partial charge in [0.15, 0.2) is 0 Å². The Morgan fingerprint density at radius 3 is 2.58 bits per heavy atom. The smallest absolute Gasteiger partial charge is 0.345 e. The number of rotatable bonds is 7. The fourth-order valence-corrected chi connectivity index (χ4v) is 4.24. The molecule has 0 atom stereocenters. The number of amides is 3. The molecule has 166 valence electrons. The van der Waals surface area contributed by atoms with E-state index in [1.54, 1.807) is 28.8 Å². The van der Waals surface area contributed by atoms with Gasteiger partial charge in [0.2, 0.25) is 0 Å². The molecule has 3 amide bonds. The van der Waals surface area contributed by atoms with Crippen molar-refractivity contribution in [2.75, 3.05) is 11.9 Å². The number of carbonyl (C=O) groups excluding carboxylic acids is 2. The number of aryl methyl sites for hydroxylation is 2. The second kappa shape index (κ2) is 9.80. The first-order valence-electron chi connectivity index (χ1n) is 11.2. The predicted octanol–water partition coefficient (Wildman–Crippen LogP) is 2.27. The van der Waals surface area contributed by atoms with Crippen LogP contribution in [0.4, 0.5) is 10.5 Å². The van der Waals surface area contributed by atoms with Gasteiger partial charge in [0.05, 0.1) is 0 Å². The van der Waals surface area contributed by atoms with Crippen molar-refractivity contribution in [1.82, 2.24) is 25.0 Å². The molecule has 3 N–H and O–H groups in total. The molecular formula is C22H30N6O3. The van der Waals surface area contributed by atoms with Crippen LogP contribution in [-0.4, -0.2) is 38.9 Å². The van der Waals surface area contributed by atoms with E-state index in [0.717, 1.165) is 44.5 Å². The maximum Gasteiger partial charge on any atom is 0.345 e. The topological polar surface area (TPSA) is 110 Å².